The first-order valence-corrected chi connectivity index (χ1v) is 4.80. The number of nitrogens with zero attached hydrogens (tertiary/aromatic N) is 3. The van der Waals surface area contributed by atoms with E-state index in [0.29, 0.717) is 5.69 Å². The Kier molecular flexibility index (Phi) is 2.87. The fraction of sp³-hybridized carbons (Fsp3) is 0. The summed E-state index contributed by atoms with van der Waals surface area (Å²) in [6, 6.07) is 5.38. The van der Waals surface area contributed by atoms with E-state index < -0.39 is 10.8 Å². The molecule has 0 aliphatic carbocycles. The number of aromatic amines is 1. The highest BCUT2D eigenvalue weighted by Gasteiger charge is 2.14. The van der Waals surface area contributed by atoms with Crippen LogP contribution >= 0.6 is 0 Å². The molecule has 0 spiro atoms. The molecule has 1 heterocycles. The highest BCUT2D eigenvalue weighted by Crippen LogP contribution is 2.16. The Morgan fingerprint density at radius 2 is 2.00 bits per heavy atom. The molecule has 1 amide bonds. The van der Waals surface area contributed by atoms with Crippen LogP contribution in [0.15, 0.2) is 24.3 Å². The van der Waals surface area contributed by atoms with E-state index in [1.165, 1.54) is 24.3 Å². The fourth-order valence-electron chi connectivity index (χ4n) is 1.26. The summed E-state index contributed by atoms with van der Waals surface area (Å²) in [4.78, 5) is 21.6. The lowest BCUT2D eigenvalue weighted by atomic mass is 10.2. The first-order valence-electron chi connectivity index (χ1n) is 4.80. The molecule has 0 aliphatic rings. The van der Waals surface area contributed by atoms with E-state index in [4.69, 9.17) is 5.73 Å². The predicted molar refractivity (Wildman–Crippen MR) is 61.8 cm³/mol. The number of rotatable bonds is 3. The summed E-state index contributed by atoms with van der Waals surface area (Å²) in [7, 11) is 0. The van der Waals surface area contributed by atoms with Crippen molar-refractivity contribution in [2.75, 3.05) is 11.1 Å². The number of anilines is 2. The predicted octanol–water partition coefficient (Wildman–Crippen LogP) is 0.547. The molecule has 0 atom stereocenters. The van der Waals surface area contributed by atoms with Gasteiger partial charge in [-0.3, -0.25) is 14.9 Å². The summed E-state index contributed by atoms with van der Waals surface area (Å²) in [6.07, 6.45) is 0. The van der Waals surface area contributed by atoms with Crippen molar-refractivity contribution in [3.63, 3.8) is 0 Å². The molecule has 9 heteroatoms. The number of carbonyl (C=O) groups excluding carboxylic acids is 1. The smallest absolute Gasteiger partial charge is 0.280 e. The van der Waals surface area contributed by atoms with Crippen LogP contribution in [0.5, 0.6) is 0 Å². The van der Waals surface area contributed by atoms with Crippen molar-refractivity contribution in [2.24, 2.45) is 0 Å². The molecule has 0 bridgehead atoms. The van der Waals surface area contributed by atoms with Gasteiger partial charge in [0.25, 0.3) is 11.6 Å². The Balaban J connectivity index is 2.13. The molecule has 0 saturated carbocycles. The summed E-state index contributed by atoms with van der Waals surface area (Å²) in [5.41, 5.74) is 5.71. The first-order chi connectivity index (χ1) is 8.58. The Bertz CT molecular complexity index is 591. The van der Waals surface area contributed by atoms with Crippen LogP contribution in [0.4, 0.5) is 17.2 Å². The van der Waals surface area contributed by atoms with Crippen LogP contribution in [0.3, 0.4) is 0 Å². The van der Waals surface area contributed by atoms with E-state index in [-0.39, 0.29) is 17.2 Å². The van der Waals surface area contributed by atoms with Gasteiger partial charge in [-0.1, -0.05) is 0 Å². The monoisotopic (exact) mass is 248 g/mol. The van der Waals surface area contributed by atoms with Gasteiger partial charge >= 0.3 is 0 Å². The number of non-ortho nitro benzene ring substituents is 1. The molecule has 92 valence electrons. The van der Waals surface area contributed by atoms with Crippen LogP contribution in [0, 0.1) is 10.1 Å². The van der Waals surface area contributed by atoms with Crippen LogP contribution in [-0.2, 0) is 0 Å². The van der Waals surface area contributed by atoms with Gasteiger partial charge in [0.1, 0.15) is 0 Å². The Morgan fingerprint density at radius 1 is 1.33 bits per heavy atom. The van der Waals surface area contributed by atoms with E-state index >= 15 is 0 Å². The van der Waals surface area contributed by atoms with Gasteiger partial charge in [-0.05, 0) is 12.1 Å². The first kappa shape index (κ1) is 11.5. The third-order valence-corrected chi connectivity index (χ3v) is 2.13. The highest BCUT2D eigenvalue weighted by molar-refractivity contribution is 6.05. The molecule has 0 saturated heterocycles. The van der Waals surface area contributed by atoms with Crippen molar-refractivity contribution in [1.29, 1.82) is 0 Å². The lowest BCUT2D eigenvalue weighted by Crippen LogP contribution is -2.14. The van der Waals surface area contributed by atoms with E-state index in [1.54, 1.807) is 0 Å². The summed E-state index contributed by atoms with van der Waals surface area (Å²) in [5.74, 6) is -0.565. The number of nitro groups is 1. The molecule has 0 unspecified atom stereocenters. The molecule has 0 radical (unpaired) electrons. The molecule has 0 fully saturated rings. The van der Waals surface area contributed by atoms with Crippen LogP contribution in [0.25, 0.3) is 0 Å². The number of nitrogen functional groups attached to an aromatic ring is 1. The molecule has 0 aliphatic heterocycles. The third-order valence-electron chi connectivity index (χ3n) is 2.13. The molecule has 4 N–H and O–H groups in total. The number of nitrogens with two attached hydrogens (primary N) is 1. The average molecular weight is 248 g/mol. The van der Waals surface area contributed by atoms with Gasteiger partial charge in [-0.25, -0.2) is 0 Å². The van der Waals surface area contributed by atoms with Gasteiger partial charge in [0, 0.05) is 17.8 Å². The average Bonchev–Trinajstić information content (AvgIpc) is 2.76. The Labute approximate surface area is 100 Å². The number of hydrogen-bond acceptors (Lipinski definition) is 6. The minimum atomic E-state index is -0.546. The van der Waals surface area contributed by atoms with Crippen molar-refractivity contribution in [2.45, 2.75) is 0 Å². The zero-order chi connectivity index (χ0) is 13.1. The number of aromatic nitrogens is 3. The van der Waals surface area contributed by atoms with Crippen LogP contribution in [0.1, 0.15) is 10.5 Å². The van der Waals surface area contributed by atoms with Crippen molar-refractivity contribution in [3.05, 3.63) is 40.1 Å². The van der Waals surface area contributed by atoms with E-state index in [9.17, 15) is 14.9 Å². The quantitative estimate of drug-likeness (QED) is 0.535. The lowest BCUT2D eigenvalue weighted by Gasteiger charge is -2.02. The number of nitro benzene ring substituents is 1. The van der Waals surface area contributed by atoms with Gasteiger partial charge in [-0.15, -0.1) is 10.2 Å². The molecule has 1 aromatic heterocycles. The fourth-order valence-corrected chi connectivity index (χ4v) is 1.26. The third kappa shape index (κ3) is 2.24. The number of H-pyrrole nitrogens is 1. The maximum atomic E-state index is 11.7. The lowest BCUT2D eigenvalue weighted by molar-refractivity contribution is -0.384. The second kappa shape index (κ2) is 4.49. The summed E-state index contributed by atoms with van der Waals surface area (Å²) in [5, 5.41) is 22.2. The second-order valence-corrected chi connectivity index (χ2v) is 3.32. The van der Waals surface area contributed by atoms with Gasteiger partial charge in [-0.2, -0.15) is 5.21 Å². The number of benzene rings is 1. The number of carbonyl (C=O) groups is 1. The normalized spacial score (nSPS) is 10.0. The maximum Gasteiger partial charge on any atom is 0.280 e. The van der Waals surface area contributed by atoms with Gasteiger partial charge in [0.15, 0.2) is 11.5 Å². The molecular formula is C9H8N6O3. The van der Waals surface area contributed by atoms with Crippen LogP contribution in [0.2, 0.25) is 0 Å². The molecule has 1 aromatic carbocycles. The number of hydrogen-bond donors (Lipinski definition) is 3. The van der Waals surface area contributed by atoms with Crippen LogP contribution < -0.4 is 11.1 Å². The SMILES string of the molecule is Nc1n[nH]nc1C(=O)Nc1ccc([N+](=O)[O-])cc1. The molecular weight excluding hydrogens is 240 g/mol. The molecule has 2 aromatic rings. The zero-order valence-electron chi connectivity index (χ0n) is 8.95. The van der Waals surface area contributed by atoms with E-state index in [2.05, 4.69) is 20.7 Å². The Morgan fingerprint density at radius 3 is 2.50 bits per heavy atom. The number of nitrogens with one attached hydrogen (secondary N) is 2. The summed E-state index contributed by atoms with van der Waals surface area (Å²) < 4.78 is 0. The molecule has 9 nitrogen and oxygen atoms in total. The van der Waals surface area contributed by atoms with Gasteiger partial charge in [0.2, 0.25) is 0 Å². The number of amides is 1. The maximum absolute atomic E-state index is 11.7. The molecule has 18 heavy (non-hydrogen) atoms. The zero-order valence-corrected chi connectivity index (χ0v) is 8.95. The van der Waals surface area contributed by atoms with Crippen molar-refractivity contribution >= 4 is 23.1 Å². The van der Waals surface area contributed by atoms with E-state index in [1.807, 2.05) is 0 Å². The summed E-state index contributed by atoms with van der Waals surface area (Å²) >= 11 is 0. The standard InChI is InChI=1S/C9H8N6O3/c10-8-7(12-14-13-8)9(16)11-5-1-3-6(4-2-5)15(17)18/h1-4H,(H,11,16)(H3,10,12,13,14). The van der Waals surface area contributed by atoms with Gasteiger partial charge < -0.3 is 11.1 Å². The largest absolute Gasteiger partial charge is 0.380 e. The van der Waals surface area contributed by atoms with Crippen molar-refractivity contribution in [1.82, 2.24) is 15.4 Å². The second-order valence-electron chi connectivity index (χ2n) is 3.32. The van der Waals surface area contributed by atoms with Gasteiger partial charge in [0.05, 0.1) is 4.92 Å². The van der Waals surface area contributed by atoms with Crippen molar-refractivity contribution < 1.29 is 9.72 Å². The molecule has 2 rings (SSSR count). The van der Waals surface area contributed by atoms with Crippen LogP contribution in [-0.4, -0.2) is 26.2 Å². The highest BCUT2D eigenvalue weighted by atomic mass is 16.6. The topological polar surface area (TPSA) is 140 Å². The van der Waals surface area contributed by atoms with E-state index in [0.717, 1.165) is 0 Å². The summed E-state index contributed by atoms with van der Waals surface area (Å²) in [6.45, 7) is 0. The minimum Gasteiger partial charge on any atom is -0.380 e. The van der Waals surface area contributed by atoms with Crippen molar-refractivity contribution in [3.8, 4) is 0 Å². The Hall–Kier alpha value is -2.97. The minimum absolute atomic E-state index is 0.0191.